The highest BCUT2D eigenvalue weighted by atomic mass is 32.1. The minimum absolute atomic E-state index is 0.247. The van der Waals surface area contributed by atoms with Gasteiger partial charge in [-0.05, 0) is 23.8 Å². The van der Waals surface area contributed by atoms with E-state index in [2.05, 4.69) is 20.5 Å². The molecule has 0 fully saturated rings. The lowest BCUT2D eigenvalue weighted by atomic mass is 10.2. The van der Waals surface area contributed by atoms with Crippen molar-refractivity contribution in [2.45, 2.75) is 6.42 Å². The fourth-order valence-electron chi connectivity index (χ4n) is 2.49. The molecule has 0 bridgehead atoms. The van der Waals surface area contributed by atoms with E-state index in [0.29, 0.717) is 23.7 Å². The second-order valence-electron chi connectivity index (χ2n) is 5.57. The van der Waals surface area contributed by atoms with Crippen molar-refractivity contribution in [3.8, 4) is 11.5 Å². The van der Waals surface area contributed by atoms with E-state index in [-0.39, 0.29) is 5.91 Å². The Morgan fingerprint density at radius 1 is 1.12 bits per heavy atom. The summed E-state index contributed by atoms with van der Waals surface area (Å²) >= 11 is 1.48. The van der Waals surface area contributed by atoms with Gasteiger partial charge in [-0.2, -0.15) is 0 Å². The minimum atomic E-state index is -0.247. The highest BCUT2D eigenvalue weighted by Crippen LogP contribution is 2.21. The Labute approximate surface area is 153 Å². The van der Waals surface area contributed by atoms with Gasteiger partial charge in [-0.15, -0.1) is 21.5 Å². The Balaban J connectivity index is 1.46. The van der Waals surface area contributed by atoms with Gasteiger partial charge in [0.1, 0.15) is 5.69 Å². The molecule has 128 valence electrons. The number of nitrogens with zero attached hydrogens (tertiary/aromatic N) is 3. The SMILES string of the molecule is O=C(Nc1cccc(-c2nnco2)c1)c1csc(Cc2ccccc2)n1. The molecule has 2 aromatic heterocycles. The normalized spacial score (nSPS) is 10.6. The van der Waals surface area contributed by atoms with Gasteiger partial charge in [-0.3, -0.25) is 4.79 Å². The first-order valence-electron chi connectivity index (χ1n) is 7.94. The molecular formula is C19H14N4O2S. The van der Waals surface area contributed by atoms with E-state index in [1.807, 2.05) is 42.5 Å². The van der Waals surface area contributed by atoms with Crippen molar-refractivity contribution in [2.75, 3.05) is 5.32 Å². The molecule has 2 heterocycles. The predicted octanol–water partition coefficient (Wildman–Crippen LogP) is 4.04. The Kier molecular flexibility index (Phi) is 4.53. The zero-order valence-corrected chi connectivity index (χ0v) is 14.4. The Bertz CT molecular complexity index is 1010. The molecule has 0 unspecified atom stereocenters. The van der Waals surface area contributed by atoms with Gasteiger partial charge in [-0.1, -0.05) is 36.4 Å². The molecule has 2 aromatic carbocycles. The minimum Gasteiger partial charge on any atom is -0.423 e. The molecule has 6 nitrogen and oxygen atoms in total. The van der Waals surface area contributed by atoms with Crippen LogP contribution in [0.2, 0.25) is 0 Å². The number of hydrogen-bond donors (Lipinski definition) is 1. The quantitative estimate of drug-likeness (QED) is 0.579. The topological polar surface area (TPSA) is 80.9 Å². The first-order valence-corrected chi connectivity index (χ1v) is 8.82. The summed E-state index contributed by atoms with van der Waals surface area (Å²) in [5.41, 5.74) is 2.96. The summed E-state index contributed by atoms with van der Waals surface area (Å²) in [5, 5.41) is 13.1. The highest BCUT2D eigenvalue weighted by Gasteiger charge is 2.12. The van der Waals surface area contributed by atoms with Crippen molar-refractivity contribution in [3.05, 3.63) is 82.6 Å². The smallest absolute Gasteiger partial charge is 0.275 e. The van der Waals surface area contributed by atoms with E-state index in [1.165, 1.54) is 23.3 Å². The van der Waals surface area contributed by atoms with Gasteiger partial charge in [0.25, 0.3) is 5.91 Å². The molecule has 0 aliphatic rings. The third-order valence-corrected chi connectivity index (χ3v) is 4.56. The summed E-state index contributed by atoms with van der Waals surface area (Å²) in [6.07, 6.45) is 1.98. The number of nitrogens with one attached hydrogen (secondary N) is 1. The summed E-state index contributed by atoms with van der Waals surface area (Å²) in [6.45, 7) is 0. The van der Waals surface area contributed by atoms with Crippen molar-refractivity contribution in [1.82, 2.24) is 15.2 Å². The fourth-order valence-corrected chi connectivity index (χ4v) is 3.30. The molecule has 4 aromatic rings. The van der Waals surface area contributed by atoms with Crippen LogP contribution in [0.1, 0.15) is 21.1 Å². The van der Waals surface area contributed by atoms with E-state index < -0.39 is 0 Å². The largest absolute Gasteiger partial charge is 0.423 e. The molecule has 0 saturated carbocycles. The van der Waals surface area contributed by atoms with Crippen LogP contribution in [0.15, 0.2) is 70.8 Å². The molecule has 7 heteroatoms. The average molecular weight is 362 g/mol. The molecule has 0 spiro atoms. The van der Waals surface area contributed by atoms with Crippen LogP contribution in [0.4, 0.5) is 5.69 Å². The first kappa shape index (κ1) is 16.2. The summed E-state index contributed by atoms with van der Waals surface area (Å²) < 4.78 is 5.18. The maximum absolute atomic E-state index is 12.5. The summed E-state index contributed by atoms with van der Waals surface area (Å²) in [6, 6.07) is 17.3. The van der Waals surface area contributed by atoms with Crippen molar-refractivity contribution >= 4 is 22.9 Å². The van der Waals surface area contributed by atoms with Crippen LogP contribution in [0.25, 0.3) is 11.5 Å². The number of carbonyl (C=O) groups excluding carboxylic acids is 1. The molecule has 0 saturated heterocycles. The van der Waals surface area contributed by atoms with Crippen LogP contribution in [-0.2, 0) is 6.42 Å². The van der Waals surface area contributed by atoms with Gasteiger partial charge in [0.15, 0.2) is 0 Å². The lowest BCUT2D eigenvalue weighted by molar-refractivity contribution is 0.102. The lowest BCUT2D eigenvalue weighted by Gasteiger charge is -2.04. The number of hydrogen-bond acceptors (Lipinski definition) is 6. The van der Waals surface area contributed by atoms with E-state index in [9.17, 15) is 4.79 Å². The Hall–Kier alpha value is -3.32. The predicted molar refractivity (Wildman–Crippen MR) is 99.0 cm³/mol. The zero-order chi connectivity index (χ0) is 17.8. The zero-order valence-electron chi connectivity index (χ0n) is 13.6. The number of anilines is 1. The number of thiazole rings is 1. The molecule has 4 rings (SSSR count). The second kappa shape index (κ2) is 7.28. The Morgan fingerprint density at radius 3 is 2.81 bits per heavy atom. The van der Waals surface area contributed by atoms with Crippen LogP contribution in [0.5, 0.6) is 0 Å². The van der Waals surface area contributed by atoms with E-state index in [4.69, 9.17) is 4.42 Å². The molecule has 0 aliphatic carbocycles. The molecule has 1 amide bonds. The van der Waals surface area contributed by atoms with Crippen molar-refractivity contribution < 1.29 is 9.21 Å². The average Bonchev–Trinajstić information content (AvgIpc) is 3.35. The summed E-state index contributed by atoms with van der Waals surface area (Å²) in [7, 11) is 0. The van der Waals surface area contributed by atoms with E-state index >= 15 is 0 Å². The van der Waals surface area contributed by atoms with Crippen LogP contribution < -0.4 is 5.32 Å². The standard InChI is InChI=1S/C19H14N4O2S/c24-18(16-11-26-17(22-16)9-13-5-2-1-3-6-13)21-15-8-4-7-14(10-15)19-23-20-12-25-19/h1-8,10-12H,9H2,(H,21,24). The molecule has 1 N–H and O–H groups in total. The highest BCUT2D eigenvalue weighted by molar-refractivity contribution is 7.09. The van der Waals surface area contributed by atoms with E-state index in [0.717, 1.165) is 10.6 Å². The number of aromatic nitrogens is 3. The Morgan fingerprint density at radius 2 is 2.00 bits per heavy atom. The van der Waals surface area contributed by atoms with Gasteiger partial charge in [0.2, 0.25) is 12.3 Å². The molecule has 0 atom stereocenters. The van der Waals surface area contributed by atoms with Crippen LogP contribution in [-0.4, -0.2) is 21.1 Å². The van der Waals surface area contributed by atoms with E-state index in [1.54, 1.807) is 17.5 Å². The molecule has 0 radical (unpaired) electrons. The lowest BCUT2D eigenvalue weighted by Crippen LogP contribution is -2.12. The van der Waals surface area contributed by atoms with Gasteiger partial charge in [-0.25, -0.2) is 4.98 Å². The van der Waals surface area contributed by atoms with Crippen molar-refractivity contribution in [3.63, 3.8) is 0 Å². The van der Waals surface area contributed by atoms with Gasteiger partial charge in [0, 0.05) is 23.1 Å². The summed E-state index contributed by atoms with van der Waals surface area (Å²) in [5.74, 6) is 0.156. The summed E-state index contributed by atoms with van der Waals surface area (Å²) in [4.78, 5) is 16.9. The second-order valence-corrected chi connectivity index (χ2v) is 6.51. The molecule has 26 heavy (non-hydrogen) atoms. The van der Waals surface area contributed by atoms with Gasteiger partial charge < -0.3 is 9.73 Å². The van der Waals surface area contributed by atoms with Crippen molar-refractivity contribution in [2.24, 2.45) is 0 Å². The van der Waals surface area contributed by atoms with Crippen molar-refractivity contribution in [1.29, 1.82) is 0 Å². The number of rotatable bonds is 5. The fraction of sp³-hybridized carbons (Fsp3) is 0.0526. The maximum atomic E-state index is 12.5. The number of benzene rings is 2. The van der Waals surface area contributed by atoms with Crippen LogP contribution in [0.3, 0.4) is 0 Å². The maximum Gasteiger partial charge on any atom is 0.275 e. The van der Waals surface area contributed by atoms with Gasteiger partial charge >= 0.3 is 0 Å². The third kappa shape index (κ3) is 3.68. The molecular weight excluding hydrogens is 348 g/mol. The third-order valence-electron chi connectivity index (χ3n) is 3.71. The van der Waals surface area contributed by atoms with Gasteiger partial charge in [0.05, 0.1) is 5.01 Å². The number of carbonyl (C=O) groups is 1. The number of amides is 1. The van der Waals surface area contributed by atoms with Crippen LogP contribution >= 0.6 is 11.3 Å². The van der Waals surface area contributed by atoms with Crippen LogP contribution in [0, 0.1) is 0 Å². The first-order chi connectivity index (χ1) is 12.8. The molecule has 0 aliphatic heterocycles. The monoisotopic (exact) mass is 362 g/mol.